The Hall–Kier alpha value is -3.01. The number of nitrogens with one attached hydrogen (secondary N) is 1. The van der Waals surface area contributed by atoms with Gasteiger partial charge in [-0.1, -0.05) is 22.9 Å². The minimum Gasteiger partial charge on any atom is -0.456 e. The molecule has 1 aromatic heterocycles. The molecule has 1 saturated heterocycles. The molecule has 1 amide bonds. The standard InChI is InChI=1S/C29H33ClF3N3O7S/c1-16-11-36(12-17(2)43-16)13-19-8-22(30)10-23(26(19)42-15-41-18(3)37)27(38)35-28-34-25-20(14-40-6-5-39-4)7-21(29(31,32)33)9-24(25)44-28/h7-10,16-17H,5-6,11-15H2,1-4H3,(H,34,35,38)/t16-,17+. The average Bonchev–Trinajstić information content (AvgIpc) is 3.33. The number of carbonyl (C=O) groups is 2. The number of benzene rings is 2. The zero-order chi connectivity index (χ0) is 32.0. The molecule has 240 valence electrons. The number of esters is 1. The van der Waals surface area contributed by atoms with E-state index in [0.29, 0.717) is 25.2 Å². The SMILES string of the molecule is COCCOCc1cc(C(F)(F)F)cc2sc(NC(=O)c3cc(Cl)cc(CN4C[C@@H](C)O[C@@H](C)C4)c3OCOC(C)=O)nc12. The summed E-state index contributed by atoms with van der Waals surface area (Å²) in [6.07, 6.45) is -4.62. The highest BCUT2D eigenvalue weighted by atomic mass is 35.5. The summed E-state index contributed by atoms with van der Waals surface area (Å²) in [6, 6.07) is 5.03. The number of nitrogens with zero attached hydrogens (tertiary/aromatic N) is 2. The lowest BCUT2D eigenvalue weighted by molar-refractivity contribution is -0.147. The van der Waals surface area contributed by atoms with Crippen LogP contribution in [-0.4, -0.2) is 74.2 Å². The Morgan fingerprint density at radius 2 is 1.86 bits per heavy atom. The van der Waals surface area contributed by atoms with Gasteiger partial charge >= 0.3 is 12.1 Å². The maximum Gasteiger partial charge on any atom is 0.416 e. The minimum absolute atomic E-state index is 0.0155. The van der Waals surface area contributed by atoms with Crippen LogP contribution in [0.1, 0.15) is 47.8 Å². The van der Waals surface area contributed by atoms with E-state index in [1.807, 2.05) is 13.8 Å². The number of aromatic nitrogens is 1. The predicted octanol–water partition coefficient (Wildman–Crippen LogP) is 5.89. The zero-order valence-electron chi connectivity index (χ0n) is 24.6. The van der Waals surface area contributed by atoms with Crippen LogP contribution >= 0.6 is 22.9 Å². The first-order valence-corrected chi connectivity index (χ1v) is 14.9. The van der Waals surface area contributed by atoms with Crippen LogP contribution in [0.5, 0.6) is 5.75 Å². The molecule has 0 unspecified atom stereocenters. The number of hydrogen-bond acceptors (Lipinski definition) is 10. The number of fused-ring (bicyclic) bond motifs is 1. The van der Waals surface area contributed by atoms with Gasteiger partial charge in [-0.25, -0.2) is 4.98 Å². The molecule has 1 N–H and O–H groups in total. The van der Waals surface area contributed by atoms with Crippen LogP contribution in [0, 0.1) is 0 Å². The summed E-state index contributed by atoms with van der Waals surface area (Å²) in [4.78, 5) is 31.6. The highest BCUT2D eigenvalue weighted by Crippen LogP contribution is 2.37. The van der Waals surface area contributed by atoms with Crippen molar-refractivity contribution >= 4 is 50.2 Å². The number of methoxy groups -OCH3 is 1. The molecule has 0 bridgehead atoms. The Kier molecular flexibility index (Phi) is 11.4. The van der Waals surface area contributed by atoms with Crippen molar-refractivity contribution in [1.29, 1.82) is 0 Å². The van der Waals surface area contributed by atoms with Gasteiger partial charge < -0.3 is 23.7 Å². The molecule has 3 aromatic rings. The summed E-state index contributed by atoms with van der Waals surface area (Å²) in [5.41, 5.74) is 0.235. The van der Waals surface area contributed by atoms with Crippen molar-refractivity contribution in [3.8, 4) is 5.75 Å². The Morgan fingerprint density at radius 1 is 1.14 bits per heavy atom. The predicted molar refractivity (Wildman–Crippen MR) is 158 cm³/mol. The molecule has 10 nitrogen and oxygen atoms in total. The van der Waals surface area contributed by atoms with Crippen molar-refractivity contribution in [2.45, 2.75) is 52.3 Å². The molecule has 0 aliphatic carbocycles. The maximum absolute atomic E-state index is 13.6. The molecule has 2 atom stereocenters. The van der Waals surface area contributed by atoms with Gasteiger partial charge in [0.05, 0.1) is 53.4 Å². The molecular weight excluding hydrogens is 627 g/mol. The molecule has 15 heteroatoms. The third kappa shape index (κ3) is 9.02. The Morgan fingerprint density at radius 3 is 2.52 bits per heavy atom. The summed E-state index contributed by atoms with van der Waals surface area (Å²) in [6.45, 7) is 6.64. The van der Waals surface area contributed by atoms with Crippen LogP contribution in [-0.2, 0) is 43.1 Å². The maximum atomic E-state index is 13.6. The topological polar surface area (TPSA) is 108 Å². The minimum atomic E-state index is -4.59. The van der Waals surface area contributed by atoms with Gasteiger partial charge in [0, 0.05) is 49.8 Å². The largest absolute Gasteiger partial charge is 0.456 e. The van der Waals surface area contributed by atoms with Crippen LogP contribution in [0.15, 0.2) is 24.3 Å². The summed E-state index contributed by atoms with van der Waals surface area (Å²) in [5.74, 6) is -1.09. The van der Waals surface area contributed by atoms with Crippen molar-refractivity contribution in [3.05, 3.63) is 51.5 Å². The molecule has 0 saturated carbocycles. The van der Waals surface area contributed by atoms with E-state index in [1.165, 1.54) is 20.1 Å². The number of halogens is 4. The Balaban J connectivity index is 1.66. The van der Waals surface area contributed by atoms with E-state index in [0.717, 1.165) is 23.5 Å². The molecule has 1 aliphatic rings. The number of rotatable bonds is 12. The Labute approximate surface area is 261 Å². The van der Waals surface area contributed by atoms with Gasteiger partial charge in [-0.2, -0.15) is 13.2 Å². The lowest BCUT2D eigenvalue weighted by Crippen LogP contribution is -2.44. The van der Waals surface area contributed by atoms with E-state index >= 15 is 0 Å². The normalized spacial score (nSPS) is 17.5. The summed E-state index contributed by atoms with van der Waals surface area (Å²) in [7, 11) is 1.49. The molecule has 44 heavy (non-hydrogen) atoms. The van der Waals surface area contributed by atoms with Gasteiger partial charge in [-0.3, -0.25) is 19.8 Å². The lowest BCUT2D eigenvalue weighted by Gasteiger charge is -2.35. The second-order valence-electron chi connectivity index (χ2n) is 10.3. The fraction of sp³-hybridized carbons (Fsp3) is 0.483. The first kappa shape index (κ1) is 33.9. The third-order valence-corrected chi connectivity index (χ3v) is 7.68. The molecule has 0 radical (unpaired) electrons. The van der Waals surface area contributed by atoms with E-state index in [2.05, 4.69) is 15.2 Å². The highest BCUT2D eigenvalue weighted by molar-refractivity contribution is 7.22. The van der Waals surface area contributed by atoms with E-state index in [-0.39, 0.29) is 69.3 Å². The number of ether oxygens (including phenoxy) is 5. The molecule has 4 rings (SSSR count). The summed E-state index contributed by atoms with van der Waals surface area (Å²) in [5, 5.41) is 2.99. The molecule has 0 spiro atoms. The van der Waals surface area contributed by atoms with Gasteiger partial charge in [0.2, 0.25) is 6.79 Å². The van der Waals surface area contributed by atoms with Crippen molar-refractivity contribution in [1.82, 2.24) is 9.88 Å². The van der Waals surface area contributed by atoms with Crippen LogP contribution in [0.4, 0.5) is 18.3 Å². The Bertz CT molecular complexity index is 1480. The second kappa shape index (κ2) is 14.8. The molecule has 2 heterocycles. The fourth-order valence-corrected chi connectivity index (χ4v) is 6.04. The average molecular weight is 660 g/mol. The molecular formula is C29H33ClF3N3O7S. The number of carbonyl (C=O) groups excluding carboxylic acids is 2. The van der Waals surface area contributed by atoms with E-state index in [1.54, 1.807) is 6.07 Å². The first-order valence-electron chi connectivity index (χ1n) is 13.7. The van der Waals surface area contributed by atoms with Crippen molar-refractivity contribution < 1.29 is 46.4 Å². The van der Waals surface area contributed by atoms with Crippen LogP contribution in [0.3, 0.4) is 0 Å². The van der Waals surface area contributed by atoms with Gasteiger partial charge in [-0.05, 0) is 38.1 Å². The van der Waals surface area contributed by atoms with Crippen LogP contribution in [0.2, 0.25) is 5.02 Å². The van der Waals surface area contributed by atoms with Gasteiger partial charge in [0.1, 0.15) is 5.75 Å². The van der Waals surface area contributed by atoms with E-state index < -0.39 is 30.4 Å². The van der Waals surface area contributed by atoms with Crippen LogP contribution < -0.4 is 10.1 Å². The van der Waals surface area contributed by atoms with Gasteiger partial charge in [0.25, 0.3) is 5.91 Å². The van der Waals surface area contributed by atoms with Gasteiger partial charge in [-0.15, -0.1) is 0 Å². The molecule has 1 aliphatic heterocycles. The number of hydrogen-bond donors (Lipinski definition) is 1. The summed E-state index contributed by atoms with van der Waals surface area (Å²) >= 11 is 7.32. The monoisotopic (exact) mass is 659 g/mol. The highest BCUT2D eigenvalue weighted by Gasteiger charge is 2.32. The first-order chi connectivity index (χ1) is 20.8. The number of anilines is 1. The smallest absolute Gasteiger partial charge is 0.416 e. The molecule has 2 aromatic carbocycles. The lowest BCUT2D eigenvalue weighted by atomic mass is 10.1. The van der Waals surface area contributed by atoms with Crippen molar-refractivity contribution in [2.24, 2.45) is 0 Å². The number of alkyl halides is 3. The number of thiazole rings is 1. The van der Waals surface area contributed by atoms with Crippen LogP contribution in [0.25, 0.3) is 10.2 Å². The zero-order valence-corrected chi connectivity index (χ0v) is 26.2. The van der Waals surface area contributed by atoms with Gasteiger partial charge in [0.15, 0.2) is 5.13 Å². The second-order valence-corrected chi connectivity index (χ2v) is 11.8. The van der Waals surface area contributed by atoms with E-state index in [4.69, 9.17) is 35.3 Å². The quantitative estimate of drug-likeness (QED) is 0.145. The molecule has 1 fully saturated rings. The summed E-state index contributed by atoms with van der Waals surface area (Å²) < 4.78 is 68.1. The van der Waals surface area contributed by atoms with E-state index in [9.17, 15) is 22.8 Å². The number of morpholine rings is 1. The number of amides is 1. The fourth-order valence-electron chi connectivity index (χ4n) is 4.85. The third-order valence-electron chi connectivity index (χ3n) is 6.54. The van der Waals surface area contributed by atoms with Crippen molar-refractivity contribution in [3.63, 3.8) is 0 Å². The van der Waals surface area contributed by atoms with Crippen molar-refractivity contribution in [2.75, 3.05) is 45.5 Å².